The van der Waals surface area contributed by atoms with Crippen molar-refractivity contribution in [1.82, 2.24) is 9.80 Å². The first kappa shape index (κ1) is 15.9. The van der Waals surface area contributed by atoms with Gasteiger partial charge in [-0.3, -0.25) is 14.6 Å². The van der Waals surface area contributed by atoms with Gasteiger partial charge in [-0.15, -0.1) is 0 Å². The molecule has 3 N–H and O–H groups in total. The van der Waals surface area contributed by atoms with E-state index < -0.39 is 6.10 Å². The van der Waals surface area contributed by atoms with E-state index in [1.807, 2.05) is 11.8 Å². The lowest BCUT2D eigenvalue weighted by Crippen LogP contribution is -2.53. The molecule has 5 nitrogen and oxygen atoms in total. The standard InChI is InChI=1S/C15H22FN3O2/c1-11(15(17)21)19-8-6-18(7-9-19)10-14(20)12-2-4-13(16)5-3-12/h2-5,11,14,20H,6-10H2,1H3,(H2,17,21). The average Bonchev–Trinajstić information content (AvgIpc) is 2.47. The van der Waals surface area contributed by atoms with Crippen LogP contribution in [-0.2, 0) is 4.79 Å². The fourth-order valence-corrected chi connectivity index (χ4v) is 2.55. The molecule has 0 bridgehead atoms. The number of hydrogen-bond acceptors (Lipinski definition) is 4. The van der Waals surface area contributed by atoms with Crippen molar-refractivity contribution in [3.05, 3.63) is 35.6 Å². The van der Waals surface area contributed by atoms with Crippen LogP contribution in [-0.4, -0.2) is 59.6 Å². The van der Waals surface area contributed by atoms with Crippen molar-refractivity contribution in [3.63, 3.8) is 0 Å². The number of rotatable bonds is 5. The Balaban J connectivity index is 1.83. The van der Waals surface area contributed by atoms with Gasteiger partial charge in [0.15, 0.2) is 0 Å². The molecule has 0 saturated carbocycles. The maximum absolute atomic E-state index is 12.9. The molecule has 0 aliphatic carbocycles. The number of aliphatic hydroxyl groups excluding tert-OH is 1. The van der Waals surface area contributed by atoms with Gasteiger partial charge in [-0.25, -0.2) is 4.39 Å². The molecular weight excluding hydrogens is 273 g/mol. The second kappa shape index (κ2) is 6.98. The molecule has 21 heavy (non-hydrogen) atoms. The van der Waals surface area contributed by atoms with Crippen LogP contribution >= 0.6 is 0 Å². The maximum atomic E-state index is 12.9. The first-order valence-corrected chi connectivity index (χ1v) is 7.16. The number of carbonyl (C=O) groups excluding carboxylic acids is 1. The van der Waals surface area contributed by atoms with Crippen LogP contribution in [0.5, 0.6) is 0 Å². The Morgan fingerprint density at radius 1 is 1.29 bits per heavy atom. The minimum Gasteiger partial charge on any atom is -0.387 e. The van der Waals surface area contributed by atoms with E-state index in [4.69, 9.17) is 5.73 Å². The van der Waals surface area contributed by atoms with Crippen molar-refractivity contribution in [3.8, 4) is 0 Å². The van der Waals surface area contributed by atoms with Gasteiger partial charge >= 0.3 is 0 Å². The lowest BCUT2D eigenvalue weighted by molar-refractivity contribution is -0.123. The van der Waals surface area contributed by atoms with E-state index in [1.165, 1.54) is 12.1 Å². The summed E-state index contributed by atoms with van der Waals surface area (Å²) in [5, 5.41) is 10.2. The minimum absolute atomic E-state index is 0.255. The lowest BCUT2D eigenvalue weighted by atomic mass is 10.1. The number of aliphatic hydroxyl groups is 1. The number of amides is 1. The van der Waals surface area contributed by atoms with Crippen molar-refractivity contribution in [2.45, 2.75) is 19.1 Å². The monoisotopic (exact) mass is 295 g/mol. The average molecular weight is 295 g/mol. The highest BCUT2D eigenvalue weighted by atomic mass is 19.1. The van der Waals surface area contributed by atoms with Gasteiger partial charge in [-0.05, 0) is 24.6 Å². The minimum atomic E-state index is -0.634. The Morgan fingerprint density at radius 2 is 1.86 bits per heavy atom. The summed E-state index contributed by atoms with van der Waals surface area (Å²) < 4.78 is 12.9. The van der Waals surface area contributed by atoms with E-state index >= 15 is 0 Å². The zero-order valence-electron chi connectivity index (χ0n) is 12.2. The smallest absolute Gasteiger partial charge is 0.234 e. The van der Waals surface area contributed by atoms with Crippen LogP contribution < -0.4 is 5.73 Å². The molecule has 1 saturated heterocycles. The summed E-state index contributed by atoms with van der Waals surface area (Å²) in [6.45, 7) is 5.36. The Hall–Kier alpha value is -1.50. The zero-order valence-corrected chi connectivity index (χ0v) is 12.2. The molecular formula is C15H22FN3O2. The van der Waals surface area contributed by atoms with Crippen LogP contribution in [0.25, 0.3) is 0 Å². The number of piperazine rings is 1. The molecule has 1 aromatic carbocycles. The Bertz CT molecular complexity index is 472. The van der Waals surface area contributed by atoms with Crippen LogP contribution in [0.1, 0.15) is 18.6 Å². The van der Waals surface area contributed by atoms with Gasteiger partial charge in [0.1, 0.15) is 5.82 Å². The Kier molecular flexibility index (Phi) is 5.27. The highest BCUT2D eigenvalue weighted by Crippen LogP contribution is 2.16. The molecule has 1 aromatic rings. The predicted molar refractivity (Wildman–Crippen MR) is 78.0 cm³/mol. The molecule has 2 rings (SSSR count). The number of nitrogens with zero attached hydrogens (tertiary/aromatic N) is 2. The summed E-state index contributed by atoms with van der Waals surface area (Å²) in [5.41, 5.74) is 6.02. The van der Waals surface area contributed by atoms with Crippen molar-refractivity contribution in [1.29, 1.82) is 0 Å². The van der Waals surface area contributed by atoms with Crippen LogP contribution in [0, 0.1) is 5.82 Å². The van der Waals surface area contributed by atoms with Crippen molar-refractivity contribution in [2.24, 2.45) is 5.73 Å². The van der Waals surface area contributed by atoms with Crippen molar-refractivity contribution in [2.75, 3.05) is 32.7 Å². The summed E-state index contributed by atoms with van der Waals surface area (Å²) >= 11 is 0. The molecule has 1 amide bonds. The van der Waals surface area contributed by atoms with Crippen molar-refractivity contribution >= 4 is 5.91 Å². The third-order valence-corrected chi connectivity index (χ3v) is 4.05. The molecule has 0 aromatic heterocycles. The van der Waals surface area contributed by atoms with E-state index in [2.05, 4.69) is 4.90 Å². The fraction of sp³-hybridized carbons (Fsp3) is 0.533. The summed E-state index contributed by atoms with van der Waals surface area (Å²) in [6.07, 6.45) is -0.634. The second-order valence-corrected chi connectivity index (χ2v) is 5.48. The molecule has 6 heteroatoms. The molecule has 2 unspecified atom stereocenters. The van der Waals surface area contributed by atoms with E-state index in [0.717, 1.165) is 26.2 Å². The van der Waals surface area contributed by atoms with E-state index in [0.29, 0.717) is 12.1 Å². The fourth-order valence-electron chi connectivity index (χ4n) is 2.55. The summed E-state index contributed by atoms with van der Waals surface area (Å²) in [6, 6.07) is 5.65. The molecule has 1 fully saturated rings. The van der Waals surface area contributed by atoms with Gasteiger partial charge in [0, 0.05) is 32.7 Å². The topological polar surface area (TPSA) is 69.8 Å². The molecule has 1 heterocycles. The van der Waals surface area contributed by atoms with E-state index in [9.17, 15) is 14.3 Å². The number of hydrogen-bond donors (Lipinski definition) is 2. The van der Waals surface area contributed by atoms with Gasteiger partial charge in [0.2, 0.25) is 5.91 Å². The molecule has 116 valence electrons. The van der Waals surface area contributed by atoms with Crippen LogP contribution in [0.3, 0.4) is 0 Å². The number of nitrogens with two attached hydrogens (primary N) is 1. The number of halogens is 1. The zero-order chi connectivity index (χ0) is 15.4. The van der Waals surface area contributed by atoms with Gasteiger partial charge < -0.3 is 10.8 Å². The van der Waals surface area contributed by atoms with Gasteiger partial charge in [0.05, 0.1) is 12.1 Å². The molecule has 2 atom stereocenters. The Labute approximate surface area is 124 Å². The molecule has 0 radical (unpaired) electrons. The highest BCUT2D eigenvalue weighted by Gasteiger charge is 2.25. The van der Waals surface area contributed by atoms with Gasteiger partial charge in [-0.2, -0.15) is 0 Å². The van der Waals surface area contributed by atoms with E-state index in [-0.39, 0.29) is 17.8 Å². The molecule has 0 spiro atoms. The molecule has 1 aliphatic rings. The number of carbonyl (C=O) groups is 1. The Morgan fingerprint density at radius 3 is 2.38 bits per heavy atom. The third-order valence-electron chi connectivity index (χ3n) is 4.05. The van der Waals surface area contributed by atoms with E-state index in [1.54, 1.807) is 12.1 Å². The summed E-state index contributed by atoms with van der Waals surface area (Å²) in [7, 11) is 0. The summed E-state index contributed by atoms with van der Waals surface area (Å²) in [4.78, 5) is 15.3. The first-order valence-electron chi connectivity index (χ1n) is 7.16. The SMILES string of the molecule is CC(C(N)=O)N1CCN(CC(O)c2ccc(F)cc2)CC1. The normalized spacial score (nSPS) is 20.1. The quantitative estimate of drug-likeness (QED) is 0.822. The predicted octanol–water partition coefficient (Wildman–Crippen LogP) is 0.351. The van der Waals surface area contributed by atoms with Gasteiger partial charge in [0.25, 0.3) is 0 Å². The number of benzene rings is 1. The van der Waals surface area contributed by atoms with Crippen LogP contribution in [0.2, 0.25) is 0 Å². The largest absolute Gasteiger partial charge is 0.387 e. The third kappa shape index (κ3) is 4.23. The van der Waals surface area contributed by atoms with Gasteiger partial charge in [-0.1, -0.05) is 12.1 Å². The number of primary amides is 1. The lowest BCUT2D eigenvalue weighted by Gasteiger charge is -2.37. The second-order valence-electron chi connectivity index (χ2n) is 5.48. The number of β-amino-alcohol motifs (C(OH)–C–C–N with tert-alkyl or cyclic N) is 1. The van der Waals surface area contributed by atoms with Crippen LogP contribution in [0.15, 0.2) is 24.3 Å². The van der Waals surface area contributed by atoms with Crippen LogP contribution in [0.4, 0.5) is 4.39 Å². The first-order chi connectivity index (χ1) is 9.97. The highest BCUT2D eigenvalue weighted by molar-refractivity contribution is 5.79. The summed E-state index contributed by atoms with van der Waals surface area (Å²) in [5.74, 6) is -0.616. The van der Waals surface area contributed by atoms with Crippen molar-refractivity contribution < 1.29 is 14.3 Å². The molecule has 1 aliphatic heterocycles. The maximum Gasteiger partial charge on any atom is 0.234 e.